The second-order valence-corrected chi connectivity index (χ2v) is 10.8. The van der Waals surface area contributed by atoms with Gasteiger partial charge in [0.05, 0.1) is 23.9 Å². The number of amides is 1. The number of methoxy groups -OCH3 is 1. The fourth-order valence-electron chi connectivity index (χ4n) is 3.94. The number of rotatable bonds is 6. The van der Waals surface area contributed by atoms with E-state index in [4.69, 9.17) is 4.74 Å². The summed E-state index contributed by atoms with van der Waals surface area (Å²) in [6.07, 6.45) is 0. The first-order chi connectivity index (χ1) is 16.6. The van der Waals surface area contributed by atoms with Crippen LogP contribution < -0.4 is 10.9 Å². The number of benzene rings is 1. The maximum Gasteiger partial charge on any atom is 0.341 e. The lowest BCUT2D eigenvalue weighted by Crippen LogP contribution is -2.18. The average molecular weight is 511 g/mol. The van der Waals surface area contributed by atoms with Gasteiger partial charge in [0.2, 0.25) is 0 Å². The third kappa shape index (κ3) is 4.77. The number of anilines is 1. The van der Waals surface area contributed by atoms with Crippen molar-refractivity contribution < 1.29 is 14.3 Å². The zero-order chi connectivity index (χ0) is 25.4. The molecule has 4 rings (SSSR count). The summed E-state index contributed by atoms with van der Waals surface area (Å²) < 4.78 is 5.06. The van der Waals surface area contributed by atoms with Crippen molar-refractivity contribution in [1.29, 1.82) is 0 Å². The van der Waals surface area contributed by atoms with Gasteiger partial charge in [-0.25, -0.2) is 9.78 Å². The van der Waals surface area contributed by atoms with Crippen LogP contribution in [0.5, 0.6) is 0 Å². The molecule has 8 nitrogen and oxygen atoms in total. The van der Waals surface area contributed by atoms with Crippen LogP contribution in [0.4, 0.5) is 5.00 Å². The molecule has 0 spiro atoms. The average Bonchev–Trinajstić information content (AvgIpc) is 3.30. The number of nitrogens with zero attached hydrogens (tertiary/aromatic N) is 2. The fraction of sp³-hybridized carbons (Fsp3) is 0.280. The molecule has 3 aromatic heterocycles. The molecule has 2 N–H and O–H groups in total. The van der Waals surface area contributed by atoms with Crippen LogP contribution in [0.1, 0.15) is 41.9 Å². The van der Waals surface area contributed by atoms with Gasteiger partial charge in [-0.1, -0.05) is 29.8 Å². The molecule has 0 saturated carbocycles. The van der Waals surface area contributed by atoms with E-state index in [-0.39, 0.29) is 5.56 Å². The number of carbonyl (C=O) groups is 2. The van der Waals surface area contributed by atoms with E-state index >= 15 is 0 Å². The predicted molar refractivity (Wildman–Crippen MR) is 141 cm³/mol. The largest absolute Gasteiger partial charge is 0.465 e. The van der Waals surface area contributed by atoms with Gasteiger partial charge in [0.25, 0.3) is 11.5 Å². The first-order valence-corrected chi connectivity index (χ1v) is 12.5. The van der Waals surface area contributed by atoms with Crippen LogP contribution in [-0.4, -0.2) is 47.9 Å². The maximum absolute atomic E-state index is 13.3. The summed E-state index contributed by atoms with van der Waals surface area (Å²) in [5, 5.41) is 3.70. The molecule has 0 aliphatic carbocycles. The summed E-state index contributed by atoms with van der Waals surface area (Å²) in [6, 6.07) is 7.84. The molecule has 35 heavy (non-hydrogen) atoms. The number of aromatic amines is 1. The molecule has 0 fully saturated rings. The zero-order valence-corrected chi connectivity index (χ0v) is 22.0. The monoisotopic (exact) mass is 510 g/mol. The van der Waals surface area contributed by atoms with Crippen LogP contribution in [0, 0.1) is 20.8 Å². The van der Waals surface area contributed by atoms with Crippen molar-refractivity contribution in [2.75, 3.05) is 26.5 Å². The van der Waals surface area contributed by atoms with E-state index in [0.717, 1.165) is 32.9 Å². The Kier molecular flexibility index (Phi) is 6.88. The Hall–Kier alpha value is -3.34. The molecular formula is C25H26N4O4S2. The van der Waals surface area contributed by atoms with Crippen LogP contribution in [0.2, 0.25) is 0 Å². The quantitative estimate of drug-likeness (QED) is 0.363. The molecule has 182 valence electrons. The molecule has 0 saturated heterocycles. The lowest BCUT2D eigenvalue weighted by Gasteiger charge is -2.08. The summed E-state index contributed by atoms with van der Waals surface area (Å²) >= 11 is 2.48. The molecule has 10 heteroatoms. The van der Waals surface area contributed by atoms with Crippen LogP contribution >= 0.6 is 22.7 Å². The van der Waals surface area contributed by atoms with Crippen LogP contribution in [0.25, 0.3) is 21.3 Å². The predicted octanol–water partition coefficient (Wildman–Crippen LogP) is 4.74. The zero-order valence-electron chi connectivity index (χ0n) is 20.4. The fourth-order valence-corrected chi connectivity index (χ4v) is 6.09. The molecule has 0 bridgehead atoms. The summed E-state index contributed by atoms with van der Waals surface area (Å²) in [4.78, 5) is 49.8. The van der Waals surface area contributed by atoms with Crippen molar-refractivity contribution in [2.24, 2.45) is 0 Å². The van der Waals surface area contributed by atoms with Crippen molar-refractivity contribution in [3.05, 3.63) is 66.9 Å². The number of hydrogen-bond donors (Lipinski definition) is 2. The number of aromatic nitrogens is 2. The van der Waals surface area contributed by atoms with E-state index < -0.39 is 11.9 Å². The van der Waals surface area contributed by atoms with Gasteiger partial charge in [-0.05, 0) is 46.0 Å². The molecule has 0 aliphatic rings. The van der Waals surface area contributed by atoms with E-state index in [1.807, 2.05) is 57.1 Å². The number of H-pyrrole nitrogens is 1. The molecule has 1 aromatic carbocycles. The number of nitrogens with one attached hydrogen (secondary N) is 2. The number of carbonyl (C=O) groups excluding carboxylic acids is 2. The summed E-state index contributed by atoms with van der Waals surface area (Å²) in [5.41, 5.74) is 3.30. The number of thiophene rings is 2. The van der Waals surface area contributed by atoms with Gasteiger partial charge in [0.1, 0.15) is 21.2 Å². The molecular weight excluding hydrogens is 484 g/mol. The van der Waals surface area contributed by atoms with Gasteiger partial charge < -0.3 is 19.9 Å². The number of fused-ring (bicyclic) bond motifs is 1. The van der Waals surface area contributed by atoms with Gasteiger partial charge >= 0.3 is 5.97 Å². The summed E-state index contributed by atoms with van der Waals surface area (Å²) in [6.45, 7) is 6.10. The van der Waals surface area contributed by atoms with Gasteiger partial charge in [0.15, 0.2) is 0 Å². The second-order valence-electron chi connectivity index (χ2n) is 8.54. The highest BCUT2D eigenvalue weighted by Crippen LogP contribution is 2.41. The Morgan fingerprint density at radius 1 is 1.11 bits per heavy atom. The molecule has 4 aromatic rings. The van der Waals surface area contributed by atoms with Crippen molar-refractivity contribution in [2.45, 2.75) is 27.3 Å². The third-order valence-electron chi connectivity index (χ3n) is 5.56. The molecule has 0 unspecified atom stereocenters. The Labute approximate surface area is 210 Å². The maximum atomic E-state index is 13.3. The van der Waals surface area contributed by atoms with Crippen LogP contribution in [-0.2, 0) is 11.3 Å². The first-order valence-electron chi connectivity index (χ1n) is 10.9. The number of aryl methyl sites for hydroxylation is 3. The minimum Gasteiger partial charge on any atom is -0.465 e. The van der Waals surface area contributed by atoms with Gasteiger partial charge in [-0.2, -0.15) is 0 Å². The standard InChI is InChI=1S/C25H26N4O4S2/c1-12-7-9-15(10-8-12)18-14(3)34-24(19(18)25(32)33-6)28-22(31)20-13(2)17-21(30)26-16(11-29(4)5)27-23(17)35-20/h7-10H,11H2,1-6H3,(H,28,31)(H,26,27,30). The van der Waals surface area contributed by atoms with E-state index in [2.05, 4.69) is 15.3 Å². The third-order valence-corrected chi connectivity index (χ3v) is 7.77. The minimum absolute atomic E-state index is 0.275. The minimum atomic E-state index is -0.528. The van der Waals surface area contributed by atoms with Crippen LogP contribution in [0.3, 0.4) is 0 Å². The molecule has 3 heterocycles. The van der Waals surface area contributed by atoms with Crippen molar-refractivity contribution in [3.8, 4) is 11.1 Å². The summed E-state index contributed by atoms with van der Waals surface area (Å²) in [7, 11) is 5.09. The van der Waals surface area contributed by atoms with Crippen molar-refractivity contribution >= 4 is 49.8 Å². The van der Waals surface area contributed by atoms with Crippen molar-refractivity contribution in [3.63, 3.8) is 0 Å². The Morgan fingerprint density at radius 2 is 1.80 bits per heavy atom. The highest BCUT2D eigenvalue weighted by atomic mass is 32.1. The lowest BCUT2D eigenvalue weighted by atomic mass is 10.0. The number of hydrogen-bond acceptors (Lipinski definition) is 8. The SMILES string of the molecule is COC(=O)c1c(NC(=O)c2sc3nc(CN(C)C)[nH]c(=O)c3c2C)sc(C)c1-c1ccc(C)cc1. The lowest BCUT2D eigenvalue weighted by molar-refractivity contribution is 0.0603. The van der Waals surface area contributed by atoms with Crippen molar-refractivity contribution in [1.82, 2.24) is 14.9 Å². The first kappa shape index (κ1) is 24.8. The topological polar surface area (TPSA) is 104 Å². The van der Waals surface area contributed by atoms with E-state index in [0.29, 0.717) is 43.6 Å². The molecule has 1 amide bonds. The van der Waals surface area contributed by atoms with E-state index in [1.54, 1.807) is 6.92 Å². The van der Waals surface area contributed by atoms with Gasteiger partial charge in [0, 0.05) is 10.4 Å². The second kappa shape index (κ2) is 9.73. The number of ether oxygens (including phenoxy) is 1. The Bertz CT molecular complexity index is 1500. The number of esters is 1. The van der Waals surface area contributed by atoms with Gasteiger partial charge in [-0.3, -0.25) is 9.59 Å². The van der Waals surface area contributed by atoms with E-state index in [1.165, 1.54) is 18.4 Å². The normalized spacial score (nSPS) is 11.3. The van der Waals surface area contributed by atoms with Crippen LogP contribution in [0.15, 0.2) is 29.1 Å². The molecule has 0 radical (unpaired) electrons. The Morgan fingerprint density at radius 3 is 2.43 bits per heavy atom. The molecule has 0 atom stereocenters. The van der Waals surface area contributed by atoms with Gasteiger partial charge in [-0.15, -0.1) is 22.7 Å². The van der Waals surface area contributed by atoms with E-state index in [9.17, 15) is 14.4 Å². The Balaban J connectivity index is 1.76. The highest BCUT2D eigenvalue weighted by Gasteiger charge is 2.27. The summed E-state index contributed by atoms with van der Waals surface area (Å²) in [5.74, 6) is -0.397. The molecule has 0 aliphatic heterocycles. The smallest absolute Gasteiger partial charge is 0.341 e. The highest BCUT2D eigenvalue weighted by molar-refractivity contribution is 7.21.